The van der Waals surface area contributed by atoms with Gasteiger partial charge < -0.3 is 4.98 Å². The van der Waals surface area contributed by atoms with Crippen LogP contribution < -0.4 is 0 Å². The summed E-state index contributed by atoms with van der Waals surface area (Å²) < 4.78 is 0. The van der Waals surface area contributed by atoms with Gasteiger partial charge in [0.15, 0.2) is 5.78 Å². The number of rotatable bonds is 5. The lowest BCUT2D eigenvalue weighted by molar-refractivity contribution is 0.0942. The van der Waals surface area contributed by atoms with Crippen molar-refractivity contribution in [2.75, 3.05) is 13.6 Å². The largest absolute Gasteiger partial charge is 0.362 e. The van der Waals surface area contributed by atoms with Gasteiger partial charge in [-0.1, -0.05) is 6.07 Å². The highest BCUT2D eigenvalue weighted by atomic mass is 16.1. The molecule has 0 amide bonds. The summed E-state index contributed by atoms with van der Waals surface area (Å²) >= 11 is 0. The van der Waals surface area contributed by atoms with E-state index in [2.05, 4.69) is 9.97 Å². The molecule has 1 N–H and O–H groups in total. The molecule has 4 heteroatoms. The van der Waals surface area contributed by atoms with E-state index in [-0.39, 0.29) is 5.78 Å². The van der Waals surface area contributed by atoms with Crippen LogP contribution in [0.5, 0.6) is 0 Å². The third kappa shape index (κ3) is 3.54. The van der Waals surface area contributed by atoms with Crippen molar-refractivity contribution in [2.24, 2.45) is 0 Å². The molecule has 0 aliphatic heterocycles. The summed E-state index contributed by atoms with van der Waals surface area (Å²) in [5.74, 6) is 0.141. The summed E-state index contributed by atoms with van der Waals surface area (Å²) in [5, 5.41) is 0. The molecule has 4 nitrogen and oxygen atoms in total. The number of nitrogens with zero attached hydrogens (tertiary/aromatic N) is 2. The van der Waals surface area contributed by atoms with Gasteiger partial charge in [-0.05, 0) is 46.0 Å². The van der Waals surface area contributed by atoms with Gasteiger partial charge in [0.1, 0.15) is 0 Å². The predicted molar refractivity (Wildman–Crippen MR) is 79.9 cm³/mol. The minimum absolute atomic E-state index is 0.141. The van der Waals surface area contributed by atoms with Gasteiger partial charge in [-0.25, -0.2) is 0 Å². The van der Waals surface area contributed by atoms with Crippen LogP contribution >= 0.6 is 0 Å². The second kappa shape index (κ2) is 6.01. The number of aromatic nitrogens is 2. The van der Waals surface area contributed by atoms with Crippen LogP contribution in [0.15, 0.2) is 24.3 Å². The number of nitrogens with one attached hydrogen (secondary N) is 1. The molecule has 0 saturated carbocycles. The normalized spacial score (nSPS) is 11.1. The molecule has 0 aromatic carbocycles. The summed E-state index contributed by atoms with van der Waals surface area (Å²) in [6.07, 6.45) is 0. The van der Waals surface area contributed by atoms with Gasteiger partial charge in [0.2, 0.25) is 0 Å². The van der Waals surface area contributed by atoms with E-state index in [9.17, 15) is 4.79 Å². The second-order valence-electron chi connectivity index (χ2n) is 5.36. The van der Waals surface area contributed by atoms with Crippen LogP contribution in [0.25, 0.3) is 0 Å². The van der Waals surface area contributed by atoms with Crippen molar-refractivity contribution in [3.63, 3.8) is 0 Å². The summed E-state index contributed by atoms with van der Waals surface area (Å²) in [5.41, 5.74) is 4.73. The molecule has 20 heavy (non-hydrogen) atoms. The number of ketones is 1. The zero-order valence-corrected chi connectivity index (χ0v) is 12.5. The first kappa shape index (κ1) is 14.5. The van der Waals surface area contributed by atoms with Gasteiger partial charge in [0, 0.05) is 29.2 Å². The zero-order chi connectivity index (χ0) is 14.7. The molecule has 0 bridgehead atoms. The Bertz CT molecular complexity index is 616. The number of aromatic amines is 1. The topological polar surface area (TPSA) is 49.0 Å². The SMILES string of the molecule is Cc1cccc(CN(C)CC(=O)c2cc(C)[nH]c2C)n1. The lowest BCUT2D eigenvalue weighted by atomic mass is 10.1. The third-order valence-corrected chi connectivity index (χ3v) is 3.24. The van der Waals surface area contributed by atoms with E-state index in [0.29, 0.717) is 13.1 Å². The Labute approximate surface area is 119 Å². The molecule has 0 atom stereocenters. The van der Waals surface area contributed by atoms with E-state index in [0.717, 1.165) is 28.3 Å². The molecule has 106 valence electrons. The van der Waals surface area contributed by atoms with E-state index in [4.69, 9.17) is 0 Å². The Hall–Kier alpha value is -1.94. The van der Waals surface area contributed by atoms with E-state index >= 15 is 0 Å². The number of aryl methyl sites for hydroxylation is 3. The molecule has 2 aromatic rings. The van der Waals surface area contributed by atoms with Crippen LogP contribution in [0, 0.1) is 20.8 Å². The first-order valence-electron chi connectivity index (χ1n) is 6.76. The van der Waals surface area contributed by atoms with Crippen LogP contribution in [-0.4, -0.2) is 34.2 Å². The van der Waals surface area contributed by atoms with Gasteiger partial charge in [-0.15, -0.1) is 0 Å². The van der Waals surface area contributed by atoms with Gasteiger partial charge in [-0.3, -0.25) is 14.7 Å². The summed E-state index contributed by atoms with van der Waals surface area (Å²) in [6, 6.07) is 7.86. The Morgan fingerprint density at radius 1 is 1.30 bits per heavy atom. The summed E-state index contributed by atoms with van der Waals surface area (Å²) in [4.78, 5) is 21.9. The minimum atomic E-state index is 0.141. The first-order chi connectivity index (χ1) is 9.45. The number of H-pyrrole nitrogens is 1. The van der Waals surface area contributed by atoms with Crippen molar-refractivity contribution in [2.45, 2.75) is 27.3 Å². The summed E-state index contributed by atoms with van der Waals surface area (Å²) in [6.45, 7) is 6.94. The maximum absolute atomic E-state index is 12.3. The number of hydrogen-bond donors (Lipinski definition) is 1. The quantitative estimate of drug-likeness (QED) is 0.850. The van der Waals surface area contributed by atoms with Crippen molar-refractivity contribution >= 4 is 5.78 Å². The molecule has 0 fully saturated rings. The molecular weight excluding hydrogens is 250 g/mol. The number of hydrogen-bond acceptors (Lipinski definition) is 3. The van der Waals surface area contributed by atoms with E-state index < -0.39 is 0 Å². The van der Waals surface area contributed by atoms with Crippen molar-refractivity contribution in [3.8, 4) is 0 Å². The fourth-order valence-electron chi connectivity index (χ4n) is 2.36. The number of carbonyl (C=O) groups is 1. The van der Waals surface area contributed by atoms with Gasteiger partial charge in [0.05, 0.1) is 12.2 Å². The van der Waals surface area contributed by atoms with E-state index in [1.54, 1.807) is 0 Å². The van der Waals surface area contributed by atoms with Crippen molar-refractivity contribution in [1.82, 2.24) is 14.9 Å². The number of Topliss-reactive ketones (excluding diaryl/α,β-unsaturated/α-hetero) is 1. The maximum atomic E-state index is 12.3. The molecule has 0 spiro atoms. The zero-order valence-electron chi connectivity index (χ0n) is 12.5. The molecule has 0 aliphatic rings. The number of pyridine rings is 1. The highest BCUT2D eigenvalue weighted by Crippen LogP contribution is 2.11. The lowest BCUT2D eigenvalue weighted by Crippen LogP contribution is -2.26. The molecule has 2 aromatic heterocycles. The molecule has 2 rings (SSSR count). The maximum Gasteiger partial charge on any atom is 0.178 e. The predicted octanol–water partition coefficient (Wildman–Crippen LogP) is 2.65. The number of likely N-dealkylation sites (N-methyl/N-ethyl adjacent to an activating group) is 1. The molecule has 0 aliphatic carbocycles. The van der Waals surface area contributed by atoms with Crippen molar-refractivity contribution in [3.05, 3.63) is 52.6 Å². The van der Waals surface area contributed by atoms with E-state index in [1.807, 2.05) is 57.0 Å². The average molecular weight is 271 g/mol. The molecule has 0 saturated heterocycles. The lowest BCUT2D eigenvalue weighted by Gasteiger charge is -2.15. The average Bonchev–Trinajstić information content (AvgIpc) is 2.68. The van der Waals surface area contributed by atoms with Crippen molar-refractivity contribution < 1.29 is 4.79 Å². The molecule has 0 unspecified atom stereocenters. The number of carbonyl (C=O) groups excluding carboxylic acids is 1. The highest BCUT2D eigenvalue weighted by molar-refractivity contribution is 5.98. The van der Waals surface area contributed by atoms with Crippen LogP contribution in [0.1, 0.15) is 33.1 Å². The van der Waals surface area contributed by atoms with Crippen LogP contribution in [0.3, 0.4) is 0 Å². The standard InChI is InChI=1S/C16H21N3O/c1-11-6-5-7-14(18-11)9-19(4)10-16(20)15-8-12(2)17-13(15)3/h5-8,17H,9-10H2,1-4H3. The third-order valence-electron chi connectivity index (χ3n) is 3.24. The monoisotopic (exact) mass is 271 g/mol. The molecule has 0 radical (unpaired) electrons. The minimum Gasteiger partial charge on any atom is -0.362 e. The van der Waals surface area contributed by atoms with Crippen LogP contribution in [0.4, 0.5) is 0 Å². The Kier molecular flexibility index (Phi) is 4.35. The van der Waals surface area contributed by atoms with Gasteiger partial charge >= 0.3 is 0 Å². The first-order valence-corrected chi connectivity index (χ1v) is 6.76. The second-order valence-corrected chi connectivity index (χ2v) is 5.36. The van der Waals surface area contributed by atoms with E-state index in [1.165, 1.54) is 0 Å². The summed E-state index contributed by atoms with van der Waals surface area (Å²) in [7, 11) is 1.94. The van der Waals surface area contributed by atoms with Crippen molar-refractivity contribution in [1.29, 1.82) is 0 Å². The fraction of sp³-hybridized carbons (Fsp3) is 0.375. The smallest absolute Gasteiger partial charge is 0.178 e. The Morgan fingerprint density at radius 2 is 2.05 bits per heavy atom. The molecule has 2 heterocycles. The fourth-order valence-corrected chi connectivity index (χ4v) is 2.36. The van der Waals surface area contributed by atoms with Crippen LogP contribution in [0.2, 0.25) is 0 Å². The Morgan fingerprint density at radius 3 is 2.65 bits per heavy atom. The highest BCUT2D eigenvalue weighted by Gasteiger charge is 2.14. The Balaban J connectivity index is 1.99. The van der Waals surface area contributed by atoms with Gasteiger partial charge in [0.25, 0.3) is 0 Å². The molecular formula is C16H21N3O. The van der Waals surface area contributed by atoms with Crippen LogP contribution in [-0.2, 0) is 6.54 Å². The van der Waals surface area contributed by atoms with Gasteiger partial charge in [-0.2, -0.15) is 0 Å².